The minimum atomic E-state index is -0.0471. The van der Waals surface area contributed by atoms with Crippen LogP contribution < -0.4 is 5.32 Å². The van der Waals surface area contributed by atoms with Crippen molar-refractivity contribution in [3.05, 3.63) is 59.2 Å². The van der Waals surface area contributed by atoms with Gasteiger partial charge in [0.15, 0.2) is 5.82 Å². The van der Waals surface area contributed by atoms with Crippen molar-refractivity contribution in [2.24, 2.45) is 0 Å². The summed E-state index contributed by atoms with van der Waals surface area (Å²) in [4.78, 5) is 12.5. The van der Waals surface area contributed by atoms with E-state index in [2.05, 4.69) is 41.5 Å². The third-order valence-corrected chi connectivity index (χ3v) is 5.16. The molecule has 0 saturated heterocycles. The van der Waals surface area contributed by atoms with Crippen LogP contribution in [0.1, 0.15) is 35.9 Å². The molecule has 0 saturated carbocycles. The van der Waals surface area contributed by atoms with Crippen LogP contribution in [0.2, 0.25) is 0 Å². The Balaban J connectivity index is 1.73. The second kappa shape index (κ2) is 8.43. The maximum atomic E-state index is 12.5. The van der Waals surface area contributed by atoms with Gasteiger partial charge in [-0.05, 0) is 50.5 Å². The van der Waals surface area contributed by atoms with E-state index in [1.807, 2.05) is 47.7 Å². The van der Waals surface area contributed by atoms with Gasteiger partial charge in [-0.15, -0.1) is 10.2 Å². The smallest absolute Gasteiger partial charge is 0.234 e. The third-order valence-electron chi connectivity index (χ3n) is 4.24. The number of aromatic nitrogens is 4. The van der Waals surface area contributed by atoms with Gasteiger partial charge in [-0.25, -0.2) is 4.68 Å². The van der Waals surface area contributed by atoms with Crippen LogP contribution in [0.4, 0.5) is 5.69 Å². The van der Waals surface area contributed by atoms with Crippen LogP contribution in [0.3, 0.4) is 0 Å². The molecule has 0 bridgehead atoms. The highest BCUT2D eigenvalue weighted by Crippen LogP contribution is 2.23. The molecule has 6 nitrogen and oxygen atoms in total. The standard InChI is InChI=1S/C20H25N5OS/c1-5-8-17-22-23-20(25(17)24-9-6-7-10-24)27-13-18(26)21-19-15(3)11-14(2)12-16(19)4/h6-7,9-12H,5,8,13H2,1-4H3,(H,21,26). The van der Waals surface area contributed by atoms with Crippen molar-refractivity contribution in [2.75, 3.05) is 11.1 Å². The second-order valence-corrected chi connectivity index (χ2v) is 7.58. The van der Waals surface area contributed by atoms with Crippen LogP contribution in [-0.4, -0.2) is 31.2 Å². The maximum Gasteiger partial charge on any atom is 0.234 e. The third kappa shape index (κ3) is 4.42. The lowest BCUT2D eigenvalue weighted by atomic mass is 10.1. The topological polar surface area (TPSA) is 64.7 Å². The van der Waals surface area contributed by atoms with E-state index in [4.69, 9.17) is 0 Å². The van der Waals surface area contributed by atoms with Crippen molar-refractivity contribution in [3.63, 3.8) is 0 Å². The number of hydrogen-bond donors (Lipinski definition) is 1. The number of nitrogens with zero attached hydrogens (tertiary/aromatic N) is 4. The van der Waals surface area contributed by atoms with Crippen LogP contribution >= 0.6 is 11.8 Å². The Morgan fingerprint density at radius 3 is 2.41 bits per heavy atom. The Bertz CT molecular complexity index is 907. The first-order valence-electron chi connectivity index (χ1n) is 9.08. The molecular formula is C20H25N5OS. The lowest BCUT2D eigenvalue weighted by Gasteiger charge is -2.13. The van der Waals surface area contributed by atoms with E-state index >= 15 is 0 Å². The Hall–Kier alpha value is -2.54. The van der Waals surface area contributed by atoms with E-state index in [0.717, 1.165) is 35.5 Å². The van der Waals surface area contributed by atoms with Gasteiger partial charge in [0.25, 0.3) is 0 Å². The normalized spacial score (nSPS) is 11.0. The monoisotopic (exact) mass is 383 g/mol. The molecule has 27 heavy (non-hydrogen) atoms. The van der Waals surface area contributed by atoms with Crippen molar-refractivity contribution in [2.45, 2.75) is 45.7 Å². The summed E-state index contributed by atoms with van der Waals surface area (Å²) >= 11 is 1.39. The summed E-state index contributed by atoms with van der Waals surface area (Å²) < 4.78 is 3.91. The van der Waals surface area contributed by atoms with Gasteiger partial charge in [0, 0.05) is 24.5 Å². The molecule has 1 N–H and O–H groups in total. The molecule has 1 aromatic carbocycles. The number of anilines is 1. The molecule has 0 fully saturated rings. The molecule has 0 atom stereocenters. The minimum Gasteiger partial charge on any atom is -0.325 e. The van der Waals surface area contributed by atoms with Crippen LogP contribution in [0.25, 0.3) is 0 Å². The van der Waals surface area contributed by atoms with Gasteiger partial charge in [-0.2, -0.15) is 0 Å². The van der Waals surface area contributed by atoms with E-state index in [1.165, 1.54) is 17.3 Å². The lowest BCUT2D eigenvalue weighted by Crippen LogP contribution is -2.17. The first-order valence-corrected chi connectivity index (χ1v) is 10.1. The first-order chi connectivity index (χ1) is 13.0. The van der Waals surface area contributed by atoms with Gasteiger partial charge in [-0.1, -0.05) is 36.4 Å². The largest absolute Gasteiger partial charge is 0.325 e. The molecule has 0 aliphatic carbocycles. The summed E-state index contributed by atoms with van der Waals surface area (Å²) in [6, 6.07) is 8.07. The molecule has 0 radical (unpaired) electrons. The molecule has 1 amide bonds. The summed E-state index contributed by atoms with van der Waals surface area (Å²) in [7, 11) is 0. The van der Waals surface area contributed by atoms with E-state index in [1.54, 1.807) is 0 Å². The molecule has 0 spiro atoms. The van der Waals surface area contributed by atoms with E-state index in [-0.39, 0.29) is 11.7 Å². The summed E-state index contributed by atoms with van der Waals surface area (Å²) in [6.45, 7) is 8.20. The molecule has 142 valence electrons. The summed E-state index contributed by atoms with van der Waals surface area (Å²) in [5.74, 6) is 1.12. The number of nitrogens with one attached hydrogen (secondary N) is 1. The Labute approximate surface area is 164 Å². The quantitative estimate of drug-likeness (QED) is 0.626. The van der Waals surface area contributed by atoms with E-state index in [9.17, 15) is 4.79 Å². The van der Waals surface area contributed by atoms with Gasteiger partial charge < -0.3 is 5.32 Å². The molecule has 7 heteroatoms. The Morgan fingerprint density at radius 1 is 1.11 bits per heavy atom. The fraction of sp³-hybridized carbons (Fsp3) is 0.350. The van der Waals surface area contributed by atoms with Gasteiger partial charge in [0.1, 0.15) is 0 Å². The number of thioether (sulfide) groups is 1. The van der Waals surface area contributed by atoms with E-state index in [0.29, 0.717) is 5.16 Å². The number of aryl methyl sites for hydroxylation is 4. The van der Waals surface area contributed by atoms with Crippen molar-refractivity contribution in [3.8, 4) is 0 Å². The second-order valence-electron chi connectivity index (χ2n) is 6.63. The number of carbonyl (C=O) groups is 1. The SMILES string of the molecule is CCCc1nnc(SCC(=O)Nc2c(C)cc(C)cc2C)n1-n1cccc1. The van der Waals surface area contributed by atoms with Gasteiger partial charge in [0.05, 0.1) is 5.75 Å². The highest BCUT2D eigenvalue weighted by molar-refractivity contribution is 7.99. The van der Waals surface area contributed by atoms with E-state index < -0.39 is 0 Å². The predicted molar refractivity (Wildman–Crippen MR) is 109 cm³/mol. The zero-order valence-corrected chi connectivity index (χ0v) is 17.0. The molecule has 3 rings (SSSR count). The first kappa shape index (κ1) is 19.2. The molecule has 2 heterocycles. The van der Waals surface area contributed by atoms with Gasteiger partial charge >= 0.3 is 0 Å². The number of amides is 1. The lowest BCUT2D eigenvalue weighted by molar-refractivity contribution is -0.113. The zero-order valence-electron chi connectivity index (χ0n) is 16.2. The fourth-order valence-electron chi connectivity index (χ4n) is 3.14. The average Bonchev–Trinajstić information content (AvgIpc) is 3.26. The van der Waals surface area contributed by atoms with Crippen molar-refractivity contribution in [1.29, 1.82) is 0 Å². The Morgan fingerprint density at radius 2 is 1.78 bits per heavy atom. The van der Waals surface area contributed by atoms with Crippen molar-refractivity contribution >= 4 is 23.4 Å². The molecule has 2 aromatic heterocycles. The van der Waals surface area contributed by atoms with Crippen molar-refractivity contribution < 1.29 is 4.79 Å². The van der Waals surface area contributed by atoms with Crippen LogP contribution in [0, 0.1) is 20.8 Å². The summed E-state index contributed by atoms with van der Waals surface area (Å²) in [5, 5.41) is 12.3. The molecule has 0 aliphatic heterocycles. The maximum absolute atomic E-state index is 12.5. The van der Waals surface area contributed by atoms with Gasteiger partial charge in [0.2, 0.25) is 11.1 Å². The number of rotatable bonds is 7. The highest BCUT2D eigenvalue weighted by atomic mass is 32.2. The predicted octanol–water partition coefficient (Wildman–Crippen LogP) is 4.00. The zero-order chi connectivity index (χ0) is 19.4. The van der Waals surface area contributed by atoms with Crippen molar-refractivity contribution in [1.82, 2.24) is 19.5 Å². The minimum absolute atomic E-state index is 0.0471. The molecule has 0 aliphatic rings. The fourth-order valence-corrected chi connectivity index (χ4v) is 3.89. The Kier molecular flexibility index (Phi) is 6.01. The number of hydrogen-bond acceptors (Lipinski definition) is 4. The van der Waals surface area contributed by atoms with Crippen LogP contribution in [0.5, 0.6) is 0 Å². The number of carbonyl (C=O) groups excluding carboxylic acids is 1. The van der Waals surface area contributed by atoms with Gasteiger partial charge in [-0.3, -0.25) is 9.47 Å². The average molecular weight is 384 g/mol. The summed E-state index contributed by atoms with van der Waals surface area (Å²) in [5.41, 5.74) is 4.24. The molecular weight excluding hydrogens is 358 g/mol. The van der Waals surface area contributed by atoms with Crippen LogP contribution in [-0.2, 0) is 11.2 Å². The van der Waals surface area contributed by atoms with Crippen LogP contribution in [0.15, 0.2) is 41.8 Å². The summed E-state index contributed by atoms with van der Waals surface area (Å²) in [6.07, 6.45) is 5.72. The number of benzene rings is 1. The molecule has 3 aromatic rings. The highest BCUT2D eigenvalue weighted by Gasteiger charge is 2.16. The molecule has 0 unspecified atom stereocenters.